The normalized spacial score (nSPS) is 28.0. The Morgan fingerprint density at radius 2 is 2.12 bits per heavy atom. The van der Waals surface area contributed by atoms with Gasteiger partial charge in [-0.3, -0.25) is 0 Å². The summed E-state index contributed by atoms with van der Waals surface area (Å²) in [6, 6.07) is 2.36. The average Bonchev–Trinajstić information content (AvgIpc) is 2.69. The zero-order valence-electron chi connectivity index (χ0n) is 9.68. The second kappa shape index (κ2) is 3.78. The molecule has 1 atom stereocenters. The monoisotopic (exact) mass is 239 g/mol. The first kappa shape index (κ1) is 10.7. The van der Waals surface area contributed by atoms with Crippen molar-refractivity contribution in [2.75, 3.05) is 6.54 Å². The lowest BCUT2D eigenvalue weighted by atomic mass is 9.69. The van der Waals surface area contributed by atoms with Crippen molar-refractivity contribution in [2.45, 2.75) is 50.5 Å². The summed E-state index contributed by atoms with van der Waals surface area (Å²) in [5, 5.41) is 4.14. The molecule has 3 rings (SSSR count). The molecule has 0 aromatic carbocycles. The minimum Gasteiger partial charge on any atom is -0.449 e. The largest absolute Gasteiger partial charge is 0.449 e. The molecule has 1 aromatic rings. The van der Waals surface area contributed by atoms with Gasteiger partial charge in [0.1, 0.15) is 5.76 Å². The Morgan fingerprint density at radius 3 is 2.88 bits per heavy atom. The summed E-state index contributed by atoms with van der Waals surface area (Å²) in [5.74, 6) is 1.17. The Balaban J connectivity index is 2.05. The van der Waals surface area contributed by atoms with Gasteiger partial charge in [-0.25, -0.2) is 0 Å². The highest BCUT2D eigenvalue weighted by Crippen LogP contribution is 2.46. The van der Waals surface area contributed by atoms with Crippen molar-refractivity contribution < 1.29 is 4.42 Å². The summed E-state index contributed by atoms with van der Waals surface area (Å²) < 4.78 is 5.80. The molecule has 1 aliphatic carbocycles. The van der Waals surface area contributed by atoms with E-state index in [4.69, 9.17) is 16.0 Å². The molecule has 0 bridgehead atoms. The zero-order valence-corrected chi connectivity index (χ0v) is 10.4. The van der Waals surface area contributed by atoms with Gasteiger partial charge in [-0.2, -0.15) is 0 Å². The molecule has 2 heterocycles. The Morgan fingerprint density at radius 1 is 1.38 bits per heavy atom. The molecule has 1 unspecified atom stereocenters. The van der Waals surface area contributed by atoms with E-state index in [0.717, 1.165) is 6.54 Å². The lowest BCUT2D eigenvalue weighted by Gasteiger charge is -2.41. The van der Waals surface area contributed by atoms with Crippen LogP contribution in [0.25, 0.3) is 0 Å². The van der Waals surface area contributed by atoms with Crippen LogP contribution in [-0.2, 0) is 5.41 Å². The van der Waals surface area contributed by atoms with E-state index in [1.165, 1.54) is 43.4 Å². The first-order valence-electron chi connectivity index (χ1n) is 6.24. The maximum Gasteiger partial charge on any atom is 0.193 e. The van der Waals surface area contributed by atoms with Gasteiger partial charge in [0, 0.05) is 29.6 Å². The molecule has 16 heavy (non-hydrogen) atoms. The third-order valence-electron chi connectivity index (χ3n) is 4.24. The molecule has 2 aliphatic rings. The summed E-state index contributed by atoms with van der Waals surface area (Å²) in [6.07, 6.45) is 6.47. The second-order valence-electron chi connectivity index (χ2n) is 5.28. The third-order valence-corrected chi connectivity index (χ3v) is 4.42. The predicted molar refractivity (Wildman–Crippen MR) is 64.9 cm³/mol. The summed E-state index contributed by atoms with van der Waals surface area (Å²) in [5.41, 5.74) is 1.51. The molecule has 0 saturated heterocycles. The number of halogens is 1. The van der Waals surface area contributed by atoms with E-state index in [2.05, 4.69) is 12.2 Å². The lowest BCUT2D eigenvalue weighted by Crippen LogP contribution is -2.45. The molecule has 2 nitrogen and oxygen atoms in total. The van der Waals surface area contributed by atoms with Gasteiger partial charge in [0.25, 0.3) is 0 Å². The van der Waals surface area contributed by atoms with Crippen molar-refractivity contribution in [1.82, 2.24) is 5.32 Å². The number of rotatable bonds is 0. The summed E-state index contributed by atoms with van der Waals surface area (Å²) in [7, 11) is 0. The fourth-order valence-electron chi connectivity index (χ4n) is 3.28. The maximum absolute atomic E-state index is 6.02. The van der Waals surface area contributed by atoms with Gasteiger partial charge in [-0.05, 0) is 31.4 Å². The first-order chi connectivity index (χ1) is 7.71. The topological polar surface area (TPSA) is 25.2 Å². The van der Waals surface area contributed by atoms with E-state index in [1.54, 1.807) is 0 Å². The molecule has 88 valence electrons. The molecule has 1 N–H and O–H groups in total. The Bertz CT molecular complexity index is 393. The molecule has 1 aromatic heterocycles. The van der Waals surface area contributed by atoms with Crippen molar-refractivity contribution in [1.29, 1.82) is 0 Å². The van der Waals surface area contributed by atoms with Crippen LogP contribution in [-0.4, -0.2) is 6.54 Å². The van der Waals surface area contributed by atoms with Crippen LogP contribution in [0, 0.1) is 0 Å². The van der Waals surface area contributed by atoms with Gasteiger partial charge >= 0.3 is 0 Å². The highest BCUT2D eigenvalue weighted by Gasteiger charge is 2.42. The van der Waals surface area contributed by atoms with E-state index in [9.17, 15) is 0 Å². The number of hydrogen-bond acceptors (Lipinski definition) is 2. The Labute approximate surface area is 101 Å². The minimum absolute atomic E-state index is 0.229. The number of fused-ring (bicyclic) bond motifs is 2. The van der Waals surface area contributed by atoms with Crippen LogP contribution < -0.4 is 5.32 Å². The molecule has 0 amide bonds. The van der Waals surface area contributed by atoms with Gasteiger partial charge in [0.15, 0.2) is 5.22 Å². The van der Waals surface area contributed by atoms with Crippen LogP contribution in [0.15, 0.2) is 10.5 Å². The predicted octanol–water partition coefficient (Wildman–Crippen LogP) is 3.80. The number of hydrogen-bond donors (Lipinski definition) is 1. The lowest BCUT2D eigenvalue weighted by molar-refractivity contribution is 0.210. The minimum atomic E-state index is 0.229. The zero-order chi connectivity index (χ0) is 11.2. The van der Waals surface area contributed by atoms with Crippen LogP contribution in [0.2, 0.25) is 5.22 Å². The molecule has 3 heteroatoms. The van der Waals surface area contributed by atoms with Crippen LogP contribution in [0.5, 0.6) is 0 Å². The van der Waals surface area contributed by atoms with Crippen molar-refractivity contribution in [3.05, 3.63) is 22.6 Å². The average molecular weight is 240 g/mol. The van der Waals surface area contributed by atoms with Gasteiger partial charge in [-0.1, -0.05) is 19.3 Å². The van der Waals surface area contributed by atoms with Crippen LogP contribution in [0.1, 0.15) is 56.4 Å². The van der Waals surface area contributed by atoms with E-state index in [0.29, 0.717) is 11.3 Å². The highest BCUT2D eigenvalue weighted by molar-refractivity contribution is 6.29. The van der Waals surface area contributed by atoms with E-state index in [1.807, 2.05) is 6.07 Å². The molecule has 1 saturated carbocycles. The SMILES string of the molecule is CC1NCC2(CCCCC2)c2oc(Cl)cc21. The summed E-state index contributed by atoms with van der Waals surface area (Å²) in [4.78, 5) is 0. The Hall–Kier alpha value is -0.470. The van der Waals surface area contributed by atoms with Crippen molar-refractivity contribution in [3.8, 4) is 0 Å². The highest BCUT2D eigenvalue weighted by atomic mass is 35.5. The van der Waals surface area contributed by atoms with Gasteiger partial charge in [0.05, 0.1) is 0 Å². The van der Waals surface area contributed by atoms with E-state index in [-0.39, 0.29) is 5.41 Å². The van der Waals surface area contributed by atoms with Gasteiger partial charge in [-0.15, -0.1) is 0 Å². The van der Waals surface area contributed by atoms with Crippen LogP contribution in [0.3, 0.4) is 0 Å². The molecular formula is C13H18ClNO. The summed E-state index contributed by atoms with van der Waals surface area (Å²) >= 11 is 6.02. The molecule has 1 fully saturated rings. The number of nitrogens with one attached hydrogen (secondary N) is 1. The van der Waals surface area contributed by atoms with Crippen LogP contribution in [0.4, 0.5) is 0 Å². The molecule has 0 radical (unpaired) electrons. The fraction of sp³-hybridized carbons (Fsp3) is 0.692. The van der Waals surface area contributed by atoms with Crippen molar-refractivity contribution in [3.63, 3.8) is 0 Å². The van der Waals surface area contributed by atoms with Gasteiger partial charge in [0.2, 0.25) is 0 Å². The third kappa shape index (κ3) is 1.51. The standard InChI is InChI=1S/C13H18ClNO/c1-9-10-7-11(14)16-12(10)13(8-15-9)5-3-2-4-6-13/h7,9,15H,2-6,8H2,1H3. The summed E-state index contributed by atoms with van der Waals surface area (Å²) in [6.45, 7) is 3.23. The van der Waals surface area contributed by atoms with Crippen molar-refractivity contribution in [2.24, 2.45) is 0 Å². The molecule has 1 spiro atoms. The number of furan rings is 1. The smallest absolute Gasteiger partial charge is 0.193 e. The quantitative estimate of drug-likeness (QED) is 0.745. The van der Waals surface area contributed by atoms with E-state index >= 15 is 0 Å². The van der Waals surface area contributed by atoms with Crippen molar-refractivity contribution >= 4 is 11.6 Å². The van der Waals surface area contributed by atoms with Gasteiger partial charge < -0.3 is 9.73 Å². The van der Waals surface area contributed by atoms with E-state index < -0.39 is 0 Å². The second-order valence-corrected chi connectivity index (χ2v) is 5.65. The van der Waals surface area contributed by atoms with Crippen LogP contribution >= 0.6 is 11.6 Å². The maximum atomic E-state index is 6.02. The fourth-order valence-corrected chi connectivity index (χ4v) is 3.48. The first-order valence-corrected chi connectivity index (χ1v) is 6.62. The molecule has 1 aliphatic heterocycles. The Kier molecular flexibility index (Phi) is 2.52. The molecular weight excluding hydrogens is 222 g/mol.